The van der Waals surface area contributed by atoms with Crippen LogP contribution in [0.2, 0.25) is 0 Å². The first-order valence-electron chi connectivity index (χ1n) is 7.64. The van der Waals surface area contributed by atoms with Crippen molar-refractivity contribution in [3.8, 4) is 17.2 Å². The van der Waals surface area contributed by atoms with Crippen molar-refractivity contribution in [3.05, 3.63) is 17.7 Å². The maximum atomic E-state index is 5.61. The van der Waals surface area contributed by atoms with Gasteiger partial charge in [0.2, 0.25) is 0 Å². The molecular weight excluding hydrogens is 266 g/mol. The fourth-order valence-electron chi connectivity index (χ4n) is 3.27. The van der Waals surface area contributed by atoms with E-state index in [9.17, 15) is 0 Å². The van der Waals surface area contributed by atoms with Gasteiger partial charge in [0, 0.05) is 29.7 Å². The van der Waals surface area contributed by atoms with Crippen LogP contribution in [0.25, 0.3) is 0 Å². The van der Waals surface area contributed by atoms with Crippen LogP contribution in [0.15, 0.2) is 12.1 Å². The molecule has 2 rings (SSSR count). The smallest absolute Gasteiger partial charge is 0.129 e. The van der Waals surface area contributed by atoms with Crippen molar-refractivity contribution >= 4 is 0 Å². The number of hydrogen-bond donors (Lipinski definition) is 1. The quantitative estimate of drug-likeness (QED) is 0.874. The fourth-order valence-corrected chi connectivity index (χ4v) is 3.27. The summed E-state index contributed by atoms with van der Waals surface area (Å²) < 4.78 is 16.5. The van der Waals surface area contributed by atoms with Crippen molar-refractivity contribution in [2.75, 3.05) is 27.9 Å². The summed E-state index contributed by atoms with van der Waals surface area (Å²) in [5.74, 6) is 3.56. The van der Waals surface area contributed by atoms with Crippen LogP contribution >= 0.6 is 0 Å². The molecule has 0 bridgehead atoms. The summed E-state index contributed by atoms with van der Waals surface area (Å²) in [5.41, 5.74) is 1.16. The van der Waals surface area contributed by atoms with Gasteiger partial charge in [-0.2, -0.15) is 0 Å². The van der Waals surface area contributed by atoms with Crippen LogP contribution in [0, 0.1) is 5.92 Å². The fraction of sp³-hybridized carbons (Fsp3) is 0.647. The summed E-state index contributed by atoms with van der Waals surface area (Å²) in [6.07, 6.45) is 2.26. The van der Waals surface area contributed by atoms with E-state index in [-0.39, 0.29) is 0 Å². The van der Waals surface area contributed by atoms with Crippen LogP contribution in [0.4, 0.5) is 0 Å². The number of hydrogen-bond acceptors (Lipinski definition) is 4. The Hall–Kier alpha value is -1.42. The number of benzene rings is 1. The Morgan fingerprint density at radius 1 is 1.10 bits per heavy atom. The van der Waals surface area contributed by atoms with E-state index >= 15 is 0 Å². The molecule has 0 spiro atoms. The molecule has 1 aliphatic heterocycles. The lowest BCUT2D eigenvalue weighted by atomic mass is 9.86. The first kappa shape index (κ1) is 16.0. The van der Waals surface area contributed by atoms with Gasteiger partial charge < -0.3 is 19.5 Å². The number of ether oxygens (including phenoxy) is 3. The van der Waals surface area contributed by atoms with Gasteiger partial charge in [0.15, 0.2) is 0 Å². The molecule has 118 valence electrons. The predicted molar refractivity (Wildman–Crippen MR) is 84.7 cm³/mol. The zero-order valence-corrected chi connectivity index (χ0v) is 13.7. The summed E-state index contributed by atoms with van der Waals surface area (Å²) >= 11 is 0. The van der Waals surface area contributed by atoms with Crippen LogP contribution < -0.4 is 19.5 Å². The molecular formula is C17H27NO3. The average molecular weight is 293 g/mol. The summed E-state index contributed by atoms with van der Waals surface area (Å²) in [6, 6.07) is 4.37. The van der Waals surface area contributed by atoms with Gasteiger partial charge in [-0.3, -0.25) is 0 Å². The van der Waals surface area contributed by atoms with E-state index in [2.05, 4.69) is 19.2 Å². The summed E-state index contributed by atoms with van der Waals surface area (Å²) in [6.45, 7) is 5.57. The molecule has 1 fully saturated rings. The molecule has 1 aromatic rings. The third kappa shape index (κ3) is 3.43. The highest BCUT2D eigenvalue weighted by Crippen LogP contribution is 2.44. The molecule has 1 aromatic carbocycles. The lowest BCUT2D eigenvalue weighted by molar-refractivity contribution is 0.354. The Bertz CT molecular complexity index is 448. The van der Waals surface area contributed by atoms with Crippen molar-refractivity contribution in [3.63, 3.8) is 0 Å². The monoisotopic (exact) mass is 293 g/mol. The van der Waals surface area contributed by atoms with Crippen molar-refractivity contribution in [2.45, 2.75) is 38.6 Å². The Balaban J connectivity index is 2.41. The second kappa shape index (κ2) is 7.03. The molecule has 1 N–H and O–H groups in total. The molecule has 1 aliphatic rings. The molecule has 4 nitrogen and oxygen atoms in total. The minimum Gasteiger partial charge on any atom is -0.496 e. The van der Waals surface area contributed by atoms with Crippen molar-refractivity contribution in [1.29, 1.82) is 0 Å². The number of rotatable bonds is 6. The molecule has 2 atom stereocenters. The van der Waals surface area contributed by atoms with Gasteiger partial charge in [-0.25, -0.2) is 0 Å². The van der Waals surface area contributed by atoms with Crippen molar-refractivity contribution in [1.82, 2.24) is 5.32 Å². The van der Waals surface area contributed by atoms with Crippen molar-refractivity contribution in [2.24, 2.45) is 5.92 Å². The Kier molecular flexibility index (Phi) is 5.34. The summed E-state index contributed by atoms with van der Waals surface area (Å²) in [7, 11) is 5.07. The summed E-state index contributed by atoms with van der Waals surface area (Å²) in [5, 5.41) is 3.63. The Labute approximate surface area is 127 Å². The van der Waals surface area contributed by atoms with E-state index in [1.165, 1.54) is 0 Å². The summed E-state index contributed by atoms with van der Waals surface area (Å²) in [4.78, 5) is 0. The van der Waals surface area contributed by atoms with Crippen LogP contribution in [-0.4, -0.2) is 33.9 Å². The molecule has 21 heavy (non-hydrogen) atoms. The highest BCUT2D eigenvalue weighted by Gasteiger charge is 2.33. The van der Waals surface area contributed by atoms with Crippen molar-refractivity contribution < 1.29 is 14.2 Å². The van der Waals surface area contributed by atoms with Gasteiger partial charge in [-0.15, -0.1) is 0 Å². The largest absolute Gasteiger partial charge is 0.496 e. The predicted octanol–water partition coefficient (Wildman–Crippen LogP) is 3.20. The van der Waals surface area contributed by atoms with E-state index in [4.69, 9.17) is 14.2 Å². The molecule has 1 heterocycles. The highest BCUT2D eigenvalue weighted by molar-refractivity contribution is 5.53. The molecule has 1 saturated heterocycles. The second-order valence-corrected chi connectivity index (χ2v) is 6.03. The maximum absolute atomic E-state index is 5.61. The Morgan fingerprint density at radius 3 is 2.19 bits per heavy atom. The molecule has 2 unspecified atom stereocenters. The standard InChI is InChI=1S/C17H27NO3/c1-11(2)8-14-13(6-7-18-14)17-15(20-4)9-12(19-3)10-16(17)21-5/h9-11,13-14,18H,6-8H2,1-5H3. The van der Waals surface area contributed by atoms with Gasteiger partial charge >= 0.3 is 0 Å². The van der Waals surface area contributed by atoms with Gasteiger partial charge in [0.25, 0.3) is 0 Å². The van der Waals surface area contributed by atoms with E-state index in [0.717, 1.165) is 42.2 Å². The SMILES string of the molecule is COc1cc(OC)c(C2CCNC2CC(C)C)c(OC)c1. The topological polar surface area (TPSA) is 39.7 Å². The molecule has 0 saturated carbocycles. The van der Waals surface area contributed by atoms with E-state index in [0.29, 0.717) is 17.9 Å². The minimum atomic E-state index is 0.420. The second-order valence-electron chi connectivity index (χ2n) is 6.03. The average Bonchev–Trinajstić information content (AvgIpc) is 2.92. The van der Waals surface area contributed by atoms with Gasteiger partial charge in [-0.1, -0.05) is 13.8 Å². The lowest BCUT2D eigenvalue weighted by Crippen LogP contribution is -2.28. The first-order valence-corrected chi connectivity index (χ1v) is 7.64. The van der Waals surface area contributed by atoms with Crippen LogP contribution in [0.1, 0.15) is 38.2 Å². The van der Waals surface area contributed by atoms with E-state index < -0.39 is 0 Å². The normalized spacial score (nSPS) is 21.6. The van der Waals surface area contributed by atoms with Crippen LogP contribution in [0.5, 0.6) is 17.2 Å². The molecule has 0 radical (unpaired) electrons. The van der Waals surface area contributed by atoms with Gasteiger partial charge in [0.1, 0.15) is 17.2 Å². The molecule has 0 amide bonds. The molecule has 4 heteroatoms. The number of methoxy groups -OCH3 is 3. The number of nitrogens with one attached hydrogen (secondary N) is 1. The van der Waals surface area contributed by atoms with E-state index in [1.54, 1.807) is 21.3 Å². The Morgan fingerprint density at radius 2 is 1.71 bits per heavy atom. The third-order valence-corrected chi connectivity index (χ3v) is 4.20. The highest BCUT2D eigenvalue weighted by atomic mass is 16.5. The first-order chi connectivity index (χ1) is 10.1. The minimum absolute atomic E-state index is 0.420. The van der Waals surface area contributed by atoms with E-state index in [1.807, 2.05) is 12.1 Å². The zero-order chi connectivity index (χ0) is 15.4. The van der Waals surface area contributed by atoms with Gasteiger partial charge in [0.05, 0.1) is 21.3 Å². The van der Waals surface area contributed by atoms with Crippen LogP contribution in [0.3, 0.4) is 0 Å². The molecule has 0 aromatic heterocycles. The third-order valence-electron chi connectivity index (χ3n) is 4.20. The van der Waals surface area contributed by atoms with Gasteiger partial charge in [-0.05, 0) is 25.3 Å². The zero-order valence-electron chi connectivity index (χ0n) is 13.7. The molecule has 0 aliphatic carbocycles. The van der Waals surface area contributed by atoms with Crippen LogP contribution in [-0.2, 0) is 0 Å². The lowest BCUT2D eigenvalue weighted by Gasteiger charge is -2.25. The maximum Gasteiger partial charge on any atom is 0.129 e.